The molecule has 0 aromatic rings. The zero-order valence-electron chi connectivity index (χ0n) is 30.9. The number of piperidine rings is 2. The van der Waals surface area contributed by atoms with Gasteiger partial charge >= 0.3 is 11.9 Å². The van der Waals surface area contributed by atoms with E-state index in [0.29, 0.717) is 0 Å². The molecule has 0 unspecified atom stereocenters. The maximum atomic E-state index is 14.3. The first kappa shape index (κ1) is 40.0. The molecule has 2 fully saturated rings. The Morgan fingerprint density at radius 3 is 0.956 bits per heavy atom. The summed E-state index contributed by atoms with van der Waals surface area (Å²) in [7, 11) is 0. The normalized spacial score (nSPS) is 21.5. The lowest BCUT2D eigenvalue weighted by Crippen LogP contribution is -2.69. The molecule has 0 saturated carbocycles. The summed E-state index contributed by atoms with van der Waals surface area (Å²) in [6.07, 6.45) is 20.3. The molecule has 6 nitrogen and oxygen atoms in total. The van der Waals surface area contributed by atoms with Gasteiger partial charge in [0, 0.05) is 28.6 Å². The Bertz CT molecular complexity index is 775. The van der Waals surface area contributed by atoms with Gasteiger partial charge in [0.2, 0.25) is 0 Å². The molecule has 0 amide bonds. The molecule has 0 aromatic carbocycles. The number of hydrogen-bond acceptors (Lipinski definition) is 4. The Labute approximate surface area is 278 Å². The summed E-state index contributed by atoms with van der Waals surface area (Å²) in [5, 5.41) is 30.4. The molecule has 0 bridgehead atoms. The third kappa shape index (κ3) is 9.48. The standard InChI is InChI=1S/C39H74N2O4/c1-9-18-35(19-10-2)27-31(28-36(40-35,20-11-3)21-12-4)39(34(44)45,26-17-33(42)43)32-29-37(22-13-5,23-14-6)41-38(30-32,24-15-7)25-16-8/h31-32,40-41H,9-30H2,1-8H3,(H,42,43)(H,44,45). The quantitative estimate of drug-likeness (QED) is 0.0946. The molecule has 264 valence electrons. The predicted octanol–water partition coefficient (Wildman–Crippen LogP) is 10.3. The first-order valence-corrected chi connectivity index (χ1v) is 19.4. The summed E-state index contributed by atoms with van der Waals surface area (Å²) in [5.41, 5.74) is -1.51. The van der Waals surface area contributed by atoms with E-state index in [-0.39, 0.29) is 46.8 Å². The smallest absolute Gasteiger partial charge is 0.310 e. The highest BCUT2D eigenvalue weighted by Crippen LogP contribution is 2.59. The van der Waals surface area contributed by atoms with Crippen LogP contribution in [0.4, 0.5) is 0 Å². The van der Waals surface area contributed by atoms with Crippen molar-refractivity contribution in [1.29, 1.82) is 0 Å². The monoisotopic (exact) mass is 635 g/mol. The van der Waals surface area contributed by atoms with Crippen molar-refractivity contribution in [1.82, 2.24) is 10.6 Å². The van der Waals surface area contributed by atoms with E-state index < -0.39 is 17.4 Å². The lowest BCUT2D eigenvalue weighted by Gasteiger charge is -2.61. The van der Waals surface area contributed by atoms with Gasteiger partial charge in [0.25, 0.3) is 0 Å². The minimum Gasteiger partial charge on any atom is -0.481 e. The van der Waals surface area contributed by atoms with Gasteiger partial charge < -0.3 is 20.8 Å². The number of nitrogens with one attached hydrogen (secondary N) is 2. The first-order chi connectivity index (χ1) is 21.4. The highest BCUT2D eigenvalue weighted by molar-refractivity contribution is 5.77. The molecule has 0 aliphatic carbocycles. The van der Waals surface area contributed by atoms with Crippen molar-refractivity contribution in [2.75, 3.05) is 0 Å². The second-order valence-corrected chi connectivity index (χ2v) is 15.8. The molecule has 2 heterocycles. The van der Waals surface area contributed by atoms with Crippen LogP contribution in [0.3, 0.4) is 0 Å². The van der Waals surface area contributed by atoms with Crippen LogP contribution >= 0.6 is 0 Å². The highest BCUT2D eigenvalue weighted by Gasteiger charge is 2.61. The number of carboxylic acids is 2. The van der Waals surface area contributed by atoms with Crippen molar-refractivity contribution >= 4 is 11.9 Å². The number of carbonyl (C=O) groups is 2. The molecule has 2 aliphatic rings. The summed E-state index contributed by atoms with van der Waals surface area (Å²) < 4.78 is 0. The molecule has 2 aliphatic heterocycles. The lowest BCUT2D eigenvalue weighted by molar-refractivity contribution is -0.169. The molecule has 2 saturated heterocycles. The molecular weight excluding hydrogens is 560 g/mol. The molecule has 45 heavy (non-hydrogen) atoms. The Hall–Kier alpha value is -1.14. The molecule has 4 N–H and O–H groups in total. The number of carboxylic acid groups (broad SMARTS) is 2. The second-order valence-electron chi connectivity index (χ2n) is 15.8. The van der Waals surface area contributed by atoms with Crippen LogP contribution in [0, 0.1) is 17.3 Å². The largest absolute Gasteiger partial charge is 0.481 e. The van der Waals surface area contributed by atoms with E-state index in [1.165, 1.54) is 0 Å². The summed E-state index contributed by atoms with van der Waals surface area (Å²) in [6.45, 7) is 18.1. The summed E-state index contributed by atoms with van der Waals surface area (Å²) in [6, 6.07) is 0. The maximum Gasteiger partial charge on any atom is 0.310 e. The van der Waals surface area contributed by atoms with Crippen LogP contribution in [0.2, 0.25) is 0 Å². The molecule has 0 radical (unpaired) electrons. The van der Waals surface area contributed by atoms with Gasteiger partial charge in [-0.1, -0.05) is 107 Å². The Morgan fingerprint density at radius 1 is 0.533 bits per heavy atom. The Morgan fingerprint density at radius 2 is 0.778 bits per heavy atom. The van der Waals surface area contributed by atoms with Crippen LogP contribution in [0.5, 0.6) is 0 Å². The van der Waals surface area contributed by atoms with Gasteiger partial charge in [0.05, 0.1) is 5.41 Å². The molecule has 0 spiro atoms. The first-order valence-electron chi connectivity index (χ1n) is 19.4. The van der Waals surface area contributed by atoms with Crippen LogP contribution in [0.15, 0.2) is 0 Å². The summed E-state index contributed by atoms with van der Waals surface area (Å²) in [5.74, 6) is -1.71. The van der Waals surface area contributed by atoms with Gasteiger partial charge in [0.1, 0.15) is 0 Å². The second kappa shape index (κ2) is 17.9. The van der Waals surface area contributed by atoms with Crippen molar-refractivity contribution in [3.05, 3.63) is 0 Å². The van der Waals surface area contributed by atoms with Crippen molar-refractivity contribution in [2.45, 2.75) is 219 Å². The molecule has 6 heteroatoms. The number of rotatable bonds is 22. The minimum absolute atomic E-state index is 0.0585. The molecular formula is C39H74N2O4. The molecule has 2 rings (SSSR count). The van der Waals surface area contributed by atoms with E-state index in [9.17, 15) is 19.8 Å². The third-order valence-corrected chi connectivity index (χ3v) is 12.0. The van der Waals surface area contributed by atoms with E-state index in [0.717, 1.165) is 128 Å². The van der Waals surface area contributed by atoms with E-state index >= 15 is 0 Å². The number of hydrogen-bond donors (Lipinski definition) is 4. The zero-order valence-corrected chi connectivity index (χ0v) is 30.9. The van der Waals surface area contributed by atoms with Crippen molar-refractivity contribution < 1.29 is 19.8 Å². The van der Waals surface area contributed by atoms with Crippen LogP contribution in [0.25, 0.3) is 0 Å². The van der Waals surface area contributed by atoms with E-state index in [1.54, 1.807) is 0 Å². The fraction of sp³-hybridized carbons (Fsp3) is 0.949. The van der Waals surface area contributed by atoms with Crippen LogP contribution in [0.1, 0.15) is 197 Å². The Balaban J connectivity index is 2.93. The minimum atomic E-state index is -1.07. The van der Waals surface area contributed by atoms with Gasteiger partial charge in [-0.25, -0.2) is 0 Å². The lowest BCUT2D eigenvalue weighted by atomic mass is 9.50. The fourth-order valence-electron chi connectivity index (χ4n) is 11.2. The van der Waals surface area contributed by atoms with Gasteiger partial charge in [-0.2, -0.15) is 0 Å². The molecule has 0 aromatic heterocycles. The topological polar surface area (TPSA) is 98.7 Å². The zero-order chi connectivity index (χ0) is 33.8. The number of aliphatic carboxylic acids is 2. The predicted molar refractivity (Wildman–Crippen MR) is 189 cm³/mol. The average molecular weight is 635 g/mol. The highest BCUT2D eigenvalue weighted by atomic mass is 16.4. The van der Waals surface area contributed by atoms with Crippen molar-refractivity contribution in [2.24, 2.45) is 17.3 Å². The molecule has 0 atom stereocenters. The third-order valence-electron chi connectivity index (χ3n) is 12.0. The van der Waals surface area contributed by atoms with Crippen LogP contribution in [-0.2, 0) is 9.59 Å². The fourth-order valence-corrected chi connectivity index (χ4v) is 11.2. The van der Waals surface area contributed by atoms with Gasteiger partial charge in [-0.3, -0.25) is 9.59 Å². The van der Waals surface area contributed by atoms with E-state index in [2.05, 4.69) is 66.0 Å². The SMILES string of the molecule is CCCC1(CCC)CC(C(CCC(=O)O)(C(=O)O)C2CC(CCC)(CCC)NC(CCC)(CCC)C2)CC(CCC)(CCC)N1. The summed E-state index contributed by atoms with van der Waals surface area (Å²) >= 11 is 0. The van der Waals surface area contributed by atoms with Gasteiger partial charge in [-0.15, -0.1) is 0 Å². The van der Waals surface area contributed by atoms with Crippen LogP contribution < -0.4 is 10.6 Å². The van der Waals surface area contributed by atoms with E-state index in [4.69, 9.17) is 0 Å². The Kier molecular flexibility index (Phi) is 15.9. The van der Waals surface area contributed by atoms with Crippen molar-refractivity contribution in [3.8, 4) is 0 Å². The van der Waals surface area contributed by atoms with Crippen molar-refractivity contribution in [3.63, 3.8) is 0 Å². The maximum absolute atomic E-state index is 14.3. The van der Waals surface area contributed by atoms with Gasteiger partial charge in [0.15, 0.2) is 0 Å². The van der Waals surface area contributed by atoms with E-state index in [1.807, 2.05) is 0 Å². The summed E-state index contributed by atoms with van der Waals surface area (Å²) in [4.78, 5) is 26.7. The average Bonchev–Trinajstić information content (AvgIpc) is 2.94. The van der Waals surface area contributed by atoms with Crippen LogP contribution in [-0.4, -0.2) is 44.3 Å². The van der Waals surface area contributed by atoms with Gasteiger partial charge in [-0.05, 0) is 95.3 Å².